The van der Waals surface area contributed by atoms with Crippen molar-refractivity contribution in [2.45, 2.75) is 6.61 Å². The molecule has 4 rings (SSSR count). The molecule has 0 aromatic heterocycles. The highest BCUT2D eigenvalue weighted by Gasteiger charge is 2.30. The van der Waals surface area contributed by atoms with Gasteiger partial charge in [-0.3, -0.25) is 9.69 Å². The number of hydrogen-bond acceptors (Lipinski definition) is 7. The van der Waals surface area contributed by atoms with Gasteiger partial charge in [-0.1, -0.05) is 24.3 Å². The van der Waals surface area contributed by atoms with Crippen molar-refractivity contribution in [1.82, 2.24) is 4.90 Å². The number of hydrogen-bond donors (Lipinski definition) is 0. The van der Waals surface area contributed by atoms with Crippen LogP contribution in [0.3, 0.4) is 0 Å². The summed E-state index contributed by atoms with van der Waals surface area (Å²) in [6, 6.07) is 18.3. The molecule has 0 aliphatic carbocycles. The molecule has 36 heavy (non-hydrogen) atoms. The van der Waals surface area contributed by atoms with Crippen LogP contribution in [0.2, 0.25) is 0 Å². The van der Waals surface area contributed by atoms with E-state index < -0.39 is 5.97 Å². The first kappa shape index (κ1) is 25.0. The number of aliphatic imine (C=N–C) groups is 1. The highest BCUT2D eigenvalue weighted by molar-refractivity contribution is 8.18. The highest BCUT2D eigenvalue weighted by Crippen LogP contribution is 2.35. The number of rotatable bonds is 7. The number of nitrogens with zero attached hydrogens (tertiary/aromatic N) is 2. The fourth-order valence-corrected chi connectivity index (χ4v) is 4.35. The molecule has 0 saturated carbocycles. The minimum absolute atomic E-state index is 0.0586. The number of ether oxygens (including phenoxy) is 3. The topological polar surface area (TPSA) is 77.4 Å². The van der Waals surface area contributed by atoms with Crippen molar-refractivity contribution in [2.75, 3.05) is 21.3 Å². The summed E-state index contributed by atoms with van der Waals surface area (Å²) in [5.74, 6) is -0.0347. The van der Waals surface area contributed by atoms with Crippen molar-refractivity contribution in [2.24, 2.45) is 4.99 Å². The van der Waals surface area contributed by atoms with Crippen LogP contribution in [0.4, 0.5) is 10.1 Å². The van der Waals surface area contributed by atoms with Crippen LogP contribution in [0.5, 0.6) is 11.5 Å². The van der Waals surface area contributed by atoms with Gasteiger partial charge in [-0.05, 0) is 65.9 Å². The molecule has 1 saturated heterocycles. The van der Waals surface area contributed by atoms with Crippen LogP contribution in [0, 0.1) is 5.82 Å². The zero-order valence-corrected chi connectivity index (χ0v) is 20.7. The predicted octanol–water partition coefficient (Wildman–Crippen LogP) is 5.43. The van der Waals surface area contributed by atoms with Gasteiger partial charge in [0.25, 0.3) is 5.91 Å². The van der Waals surface area contributed by atoms with Crippen molar-refractivity contribution in [3.63, 3.8) is 0 Å². The Hall–Kier alpha value is -4.11. The molecule has 0 N–H and O–H groups in total. The van der Waals surface area contributed by atoms with Gasteiger partial charge < -0.3 is 14.2 Å². The number of likely N-dealkylation sites (N-methyl/N-ethyl adjacent to an activating group) is 1. The van der Waals surface area contributed by atoms with Crippen molar-refractivity contribution < 1.29 is 28.2 Å². The number of amidine groups is 1. The van der Waals surface area contributed by atoms with E-state index in [4.69, 9.17) is 14.2 Å². The Morgan fingerprint density at radius 1 is 1.06 bits per heavy atom. The lowest BCUT2D eigenvalue weighted by molar-refractivity contribution is -0.121. The quantitative estimate of drug-likeness (QED) is 0.314. The average molecular weight is 507 g/mol. The smallest absolute Gasteiger partial charge is 0.337 e. The zero-order chi connectivity index (χ0) is 25.7. The molecule has 1 amide bonds. The lowest BCUT2D eigenvalue weighted by Gasteiger charge is -2.12. The molecular weight excluding hydrogens is 483 g/mol. The van der Waals surface area contributed by atoms with Crippen molar-refractivity contribution in [3.8, 4) is 11.5 Å². The Morgan fingerprint density at radius 2 is 1.81 bits per heavy atom. The van der Waals surface area contributed by atoms with Gasteiger partial charge >= 0.3 is 5.97 Å². The lowest BCUT2D eigenvalue weighted by atomic mass is 10.1. The summed E-state index contributed by atoms with van der Waals surface area (Å²) in [7, 11) is 4.49. The maximum Gasteiger partial charge on any atom is 0.337 e. The van der Waals surface area contributed by atoms with Gasteiger partial charge in [0.1, 0.15) is 12.4 Å². The molecule has 0 radical (unpaired) electrons. The Kier molecular flexibility index (Phi) is 7.70. The van der Waals surface area contributed by atoms with Crippen molar-refractivity contribution in [1.29, 1.82) is 0 Å². The van der Waals surface area contributed by atoms with Gasteiger partial charge in [0.05, 0.1) is 30.4 Å². The van der Waals surface area contributed by atoms with Gasteiger partial charge in [0, 0.05) is 12.6 Å². The number of halogens is 1. The second-order valence-electron chi connectivity index (χ2n) is 7.70. The van der Waals surface area contributed by atoms with Gasteiger partial charge in [0.15, 0.2) is 16.7 Å². The third-order valence-electron chi connectivity index (χ3n) is 5.34. The molecule has 1 aliphatic rings. The normalized spacial score (nSPS) is 15.4. The van der Waals surface area contributed by atoms with E-state index in [1.54, 1.807) is 73.8 Å². The van der Waals surface area contributed by atoms with E-state index in [0.29, 0.717) is 38.4 Å². The van der Waals surface area contributed by atoms with Crippen LogP contribution in [-0.4, -0.2) is 43.2 Å². The summed E-state index contributed by atoms with van der Waals surface area (Å²) >= 11 is 1.24. The Morgan fingerprint density at radius 3 is 2.50 bits per heavy atom. The van der Waals surface area contributed by atoms with Crippen LogP contribution in [0.25, 0.3) is 6.08 Å². The third kappa shape index (κ3) is 5.58. The summed E-state index contributed by atoms with van der Waals surface area (Å²) in [6.45, 7) is 0.0586. The molecule has 184 valence electrons. The standard InChI is InChI=1S/C27H23FN2O5S/c1-30-25(31)24(36-27(30)29-20-11-9-18(10-12-20)26(32)34-3)15-17-8-13-22(23(14-17)33-2)35-16-19-6-4-5-7-21(19)28/h4-15H,16H2,1-3H3. The first-order chi connectivity index (χ1) is 17.4. The lowest BCUT2D eigenvalue weighted by Crippen LogP contribution is -2.23. The number of carbonyl (C=O) groups excluding carboxylic acids is 2. The summed E-state index contributed by atoms with van der Waals surface area (Å²) in [5.41, 5.74) is 2.19. The van der Waals surface area contributed by atoms with Crippen LogP contribution in [0.15, 0.2) is 76.6 Å². The van der Waals surface area contributed by atoms with E-state index in [0.717, 1.165) is 5.56 Å². The second kappa shape index (κ2) is 11.1. The average Bonchev–Trinajstić information content (AvgIpc) is 3.16. The monoisotopic (exact) mass is 506 g/mol. The Labute approximate surface area is 212 Å². The van der Waals surface area contributed by atoms with Crippen LogP contribution < -0.4 is 9.47 Å². The first-order valence-corrected chi connectivity index (χ1v) is 11.7. The van der Waals surface area contributed by atoms with E-state index in [-0.39, 0.29) is 18.3 Å². The fraction of sp³-hybridized carbons (Fsp3) is 0.148. The largest absolute Gasteiger partial charge is 0.493 e. The number of amides is 1. The third-order valence-corrected chi connectivity index (χ3v) is 6.40. The number of benzene rings is 3. The van der Waals surface area contributed by atoms with Crippen molar-refractivity contribution >= 4 is 40.6 Å². The van der Waals surface area contributed by atoms with E-state index in [9.17, 15) is 14.0 Å². The number of methoxy groups -OCH3 is 2. The van der Waals surface area contributed by atoms with E-state index in [2.05, 4.69) is 4.99 Å². The van der Waals surface area contributed by atoms with E-state index in [1.807, 2.05) is 0 Å². The molecule has 9 heteroatoms. The van der Waals surface area contributed by atoms with Crippen molar-refractivity contribution in [3.05, 3.63) is 94.1 Å². The molecule has 1 fully saturated rings. The summed E-state index contributed by atoms with van der Waals surface area (Å²) < 4.78 is 29.8. The predicted molar refractivity (Wildman–Crippen MR) is 137 cm³/mol. The Bertz CT molecular complexity index is 1350. The van der Waals surface area contributed by atoms with Gasteiger partial charge in [-0.25, -0.2) is 14.2 Å². The maximum atomic E-state index is 13.9. The first-order valence-electron chi connectivity index (χ1n) is 10.9. The molecule has 0 bridgehead atoms. The minimum Gasteiger partial charge on any atom is -0.493 e. The number of thioether (sulfide) groups is 1. The zero-order valence-electron chi connectivity index (χ0n) is 19.9. The summed E-state index contributed by atoms with van der Waals surface area (Å²) in [6.07, 6.45) is 1.75. The van der Waals surface area contributed by atoms with E-state index >= 15 is 0 Å². The van der Waals surface area contributed by atoms with Crippen LogP contribution in [-0.2, 0) is 16.1 Å². The molecule has 1 aliphatic heterocycles. The molecule has 7 nitrogen and oxygen atoms in total. The van der Waals surface area contributed by atoms with Gasteiger partial charge in [0.2, 0.25) is 0 Å². The number of carbonyl (C=O) groups is 2. The summed E-state index contributed by atoms with van der Waals surface area (Å²) in [4.78, 5) is 30.9. The Balaban J connectivity index is 1.51. The van der Waals surface area contributed by atoms with Crippen LogP contribution >= 0.6 is 11.8 Å². The molecule has 0 spiro atoms. The van der Waals surface area contributed by atoms with Gasteiger partial charge in [-0.2, -0.15) is 0 Å². The minimum atomic E-state index is -0.430. The molecule has 0 atom stereocenters. The molecule has 3 aromatic carbocycles. The number of esters is 1. The van der Waals surface area contributed by atoms with Gasteiger partial charge in [-0.15, -0.1) is 0 Å². The highest BCUT2D eigenvalue weighted by atomic mass is 32.2. The molecule has 3 aromatic rings. The maximum absolute atomic E-state index is 13.9. The molecule has 1 heterocycles. The molecular formula is C27H23FN2O5S. The van der Waals surface area contributed by atoms with E-state index in [1.165, 1.54) is 36.9 Å². The van der Waals surface area contributed by atoms with Crippen LogP contribution in [0.1, 0.15) is 21.5 Å². The SMILES string of the molecule is COC(=O)c1ccc(N=C2SC(=Cc3ccc(OCc4ccccc4F)c(OC)c3)C(=O)N2C)cc1. The summed E-state index contributed by atoms with van der Waals surface area (Å²) in [5, 5.41) is 0.508. The second-order valence-corrected chi connectivity index (χ2v) is 8.71. The molecule has 0 unspecified atom stereocenters. The fourth-order valence-electron chi connectivity index (χ4n) is 3.37.